The average Bonchev–Trinajstić information content (AvgIpc) is 3.88. The Hall–Kier alpha value is -6.03. The predicted molar refractivity (Wildman–Crippen MR) is 279 cm³/mol. The molecule has 76 heavy (non-hydrogen) atoms. The molecule has 0 unspecified atom stereocenters. The zero-order chi connectivity index (χ0) is 57.7. The molecule has 0 aromatic heterocycles. The molecule has 0 aromatic carbocycles. The minimum Gasteiger partial charge on any atom is -0.481 e. The number of rotatable bonds is 38. The maximum Gasteiger partial charge on any atom is 0.328 e. The summed E-state index contributed by atoms with van der Waals surface area (Å²) in [5.74, 6) is -10.6. The summed E-state index contributed by atoms with van der Waals surface area (Å²) < 4.78 is 0. The monoisotopic (exact) mass is 1080 g/mol. The van der Waals surface area contributed by atoms with Gasteiger partial charge >= 0.3 is 11.9 Å². The lowest BCUT2D eigenvalue weighted by atomic mass is 9.97. The first-order valence-electron chi connectivity index (χ1n) is 26.6. The number of nitrogens with zero attached hydrogens (tertiary/aromatic N) is 1. The van der Waals surface area contributed by atoms with Crippen LogP contribution in [0.4, 0.5) is 0 Å². The summed E-state index contributed by atoms with van der Waals surface area (Å²) in [4.78, 5) is 147. The van der Waals surface area contributed by atoms with Gasteiger partial charge in [0.25, 0.3) is 0 Å². The van der Waals surface area contributed by atoms with Crippen molar-refractivity contribution in [3.63, 3.8) is 0 Å². The largest absolute Gasteiger partial charge is 0.481 e. The van der Waals surface area contributed by atoms with Gasteiger partial charge in [0, 0.05) is 13.0 Å². The topological polar surface area (TPSA) is 452 Å². The van der Waals surface area contributed by atoms with E-state index in [1.807, 2.05) is 6.92 Å². The SMILES string of the molecule is CC[C@H](C)[C@H](NC(=O)CNC(=O)[C@H](CCCCN)NC(=O)[C@H](CCC(=O)O)NC(=O)[C@H](CCCCN)NC(=O)[C@@H]1CCCN1C(=O)[C@H](C)NC(=O)[C@@H](NC(=O)[C@@H](N)CCCCN)[C@@H](C)CC)C(=O)N[C@H](C(=O)O)[C@@H](C)O. The standard InChI is InChI=1S/C49H89N13O14/c1-7-27(3)38(47(73)61-40(30(6)63)49(75)76)59-36(64)26-54-42(68)32(17-10-13-23-51)56-44(70)34(20-21-37(65)66)57-43(69)33(18-11-14-24-52)58-45(71)35-19-15-25-62(35)48(74)29(5)55-46(72)39(28(4)8-2)60-41(67)31(53)16-9-12-22-50/h27-35,38-40,63H,7-26,50-53H2,1-6H3,(H,54,68)(H,55,72)(H,56,70)(H,57,69)(H,58,71)(H,59,64)(H,60,67)(H,61,73)(H,65,66)(H,75,76)/t27-,28-,29-,30+,31-,32-,33-,34-,35-,38-,39-,40-/m0/s1. The van der Waals surface area contributed by atoms with Crippen molar-refractivity contribution in [3.05, 3.63) is 0 Å². The number of aliphatic hydroxyl groups excluding tert-OH is 1. The minimum atomic E-state index is -1.67. The van der Waals surface area contributed by atoms with E-state index in [1.165, 1.54) is 18.7 Å². The Balaban J connectivity index is 3.30. The number of nitrogens with two attached hydrogens (primary N) is 4. The zero-order valence-corrected chi connectivity index (χ0v) is 45.2. The minimum absolute atomic E-state index is 0.0137. The van der Waals surface area contributed by atoms with Crippen LogP contribution in [0.5, 0.6) is 0 Å². The number of aliphatic carboxylic acids is 2. The molecule has 434 valence electrons. The Kier molecular flexibility index (Phi) is 32.3. The van der Waals surface area contributed by atoms with Gasteiger partial charge in [0.2, 0.25) is 53.2 Å². The van der Waals surface area contributed by atoms with Crippen LogP contribution in [0.15, 0.2) is 0 Å². The Morgan fingerprint density at radius 1 is 0.566 bits per heavy atom. The van der Waals surface area contributed by atoms with Crippen molar-refractivity contribution in [3.8, 4) is 0 Å². The number of carboxylic acids is 2. The zero-order valence-electron chi connectivity index (χ0n) is 45.2. The molecule has 1 aliphatic heterocycles. The number of likely N-dealkylation sites (tertiary alicyclic amines) is 1. The van der Waals surface area contributed by atoms with Gasteiger partial charge in [-0.2, -0.15) is 0 Å². The molecule has 12 atom stereocenters. The second-order valence-corrected chi connectivity index (χ2v) is 19.6. The van der Waals surface area contributed by atoms with E-state index in [0.29, 0.717) is 70.8 Å². The van der Waals surface area contributed by atoms with Crippen LogP contribution in [0.2, 0.25) is 0 Å². The number of amides is 9. The van der Waals surface area contributed by atoms with Crippen LogP contribution in [0.1, 0.15) is 138 Å². The molecular formula is C49H89N13O14. The first-order chi connectivity index (χ1) is 35.9. The fourth-order valence-corrected chi connectivity index (χ4v) is 8.24. The van der Waals surface area contributed by atoms with E-state index in [0.717, 1.165) is 0 Å². The fraction of sp³-hybridized carbons (Fsp3) is 0.776. The Morgan fingerprint density at radius 2 is 1.04 bits per heavy atom. The lowest BCUT2D eigenvalue weighted by Crippen LogP contribution is -2.60. The molecule has 1 saturated heterocycles. The van der Waals surface area contributed by atoms with E-state index >= 15 is 0 Å². The van der Waals surface area contributed by atoms with Crippen LogP contribution in [0, 0.1) is 11.8 Å². The molecular weight excluding hydrogens is 995 g/mol. The molecule has 0 bridgehead atoms. The first-order valence-corrected chi connectivity index (χ1v) is 26.6. The third-order valence-electron chi connectivity index (χ3n) is 13.4. The normalized spacial score (nSPS) is 17.6. The Labute approximate surface area is 445 Å². The van der Waals surface area contributed by atoms with Crippen molar-refractivity contribution < 1.29 is 68.1 Å². The van der Waals surface area contributed by atoms with Gasteiger partial charge < -0.3 is 85.7 Å². The smallest absolute Gasteiger partial charge is 0.328 e. The molecule has 27 nitrogen and oxygen atoms in total. The lowest BCUT2D eigenvalue weighted by molar-refractivity contribution is -0.145. The molecule has 0 aromatic rings. The van der Waals surface area contributed by atoms with Crippen molar-refractivity contribution in [2.24, 2.45) is 34.8 Å². The summed E-state index contributed by atoms with van der Waals surface area (Å²) >= 11 is 0. The van der Waals surface area contributed by atoms with Gasteiger partial charge in [-0.3, -0.25) is 47.9 Å². The average molecular weight is 1080 g/mol. The van der Waals surface area contributed by atoms with Crippen molar-refractivity contribution in [2.45, 2.75) is 198 Å². The molecule has 0 aliphatic carbocycles. The Morgan fingerprint density at radius 3 is 1.53 bits per heavy atom. The molecule has 0 radical (unpaired) electrons. The second-order valence-electron chi connectivity index (χ2n) is 19.6. The Bertz CT molecular complexity index is 1930. The first kappa shape index (κ1) is 68.0. The van der Waals surface area contributed by atoms with Crippen LogP contribution in [0.25, 0.3) is 0 Å². The maximum absolute atomic E-state index is 14.1. The lowest BCUT2D eigenvalue weighted by Gasteiger charge is -2.30. The number of carbonyl (C=O) groups excluding carboxylic acids is 9. The van der Waals surface area contributed by atoms with Crippen molar-refractivity contribution >= 4 is 65.1 Å². The van der Waals surface area contributed by atoms with Crippen LogP contribution in [-0.4, -0.2) is 179 Å². The summed E-state index contributed by atoms with van der Waals surface area (Å²) in [6, 6.07) is -11.3. The molecule has 0 saturated carbocycles. The van der Waals surface area contributed by atoms with Gasteiger partial charge in [-0.25, -0.2) is 4.79 Å². The highest BCUT2D eigenvalue weighted by atomic mass is 16.4. The van der Waals surface area contributed by atoms with Gasteiger partial charge in [0.15, 0.2) is 6.04 Å². The van der Waals surface area contributed by atoms with E-state index < -0.39 is 151 Å². The maximum atomic E-state index is 14.1. The quantitative estimate of drug-likeness (QED) is 0.0269. The third-order valence-corrected chi connectivity index (χ3v) is 13.4. The number of unbranched alkanes of at least 4 members (excludes halogenated alkanes) is 3. The second kappa shape index (κ2) is 36.1. The highest BCUT2D eigenvalue weighted by molar-refractivity contribution is 5.98. The summed E-state index contributed by atoms with van der Waals surface area (Å²) in [6.45, 7) is 9.93. The number of carboxylic acid groups (broad SMARTS) is 2. The van der Waals surface area contributed by atoms with Crippen LogP contribution < -0.4 is 65.5 Å². The van der Waals surface area contributed by atoms with E-state index in [4.69, 9.17) is 22.9 Å². The molecule has 1 rings (SSSR count). The molecule has 1 heterocycles. The van der Waals surface area contributed by atoms with E-state index in [9.17, 15) is 68.1 Å². The van der Waals surface area contributed by atoms with E-state index in [1.54, 1.807) is 20.8 Å². The summed E-state index contributed by atoms with van der Waals surface area (Å²) in [5, 5.41) is 49.1. The molecule has 1 aliphatic rings. The summed E-state index contributed by atoms with van der Waals surface area (Å²) in [5.41, 5.74) is 23.0. The molecule has 0 spiro atoms. The number of nitrogens with one attached hydrogen (secondary N) is 8. The van der Waals surface area contributed by atoms with Crippen LogP contribution in [-0.2, 0) is 52.7 Å². The number of hydrogen-bond donors (Lipinski definition) is 15. The van der Waals surface area contributed by atoms with E-state index in [2.05, 4.69) is 42.5 Å². The van der Waals surface area contributed by atoms with Crippen molar-refractivity contribution in [2.75, 3.05) is 32.7 Å². The highest BCUT2D eigenvalue weighted by Gasteiger charge is 2.40. The predicted octanol–water partition coefficient (Wildman–Crippen LogP) is -3.36. The number of carbonyl (C=O) groups is 11. The molecule has 19 N–H and O–H groups in total. The van der Waals surface area contributed by atoms with Crippen molar-refractivity contribution in [1.82, 2.24) is 47.4 Å². The molecule has 1 fully saturated rings. The molecule has 9 amide bonds. The van der Waals surface area contributed by atoms with Gasteiger partial charge in [-0.1, -0.05) is 47.0 Å². The van der Waals surface area contributed by atoms with Gasteiger partial charge in [0.1, 0.15) is 42.3 Å². The highest BCUT2D eigenvalue weighted by Crippen LogP contribution is 2.20. The van der Waals surface area contributed by atoms with Crippen LogP contribution >= 0.6 is 0 Å². The molecule has 27 heteroatoms. The summed E-state index contributed by atoms with van der Waals surface area (Å²) in [7, 11) is 0. The third kappa shape index (κ3) is 23.9. The van der Waals surface area contributed by atoms with Crippen LogP contribution in [0.3, 0.4) is 0 Å². The van der Waals surface area contributed by atoms with Gasteiger partial charge in [-0.05, 0) is 116 Å². The van der Waals surface area contributed by atoms with Crippen molar-refractivity contribution in [1.29, 1.82) is 0 Å². The number of aliphatic hydroxyl groups is 1. The van der Waals surface area contributed by atoms with E-state index in [-0.39, 0.29) is 44.8 Å². The fourth-order valence-electron chi connectivity index (χ4n) is 8.24. The summed E-state index contributed by atoms with van der Waals surface area (Å²) in [6.07, 6.45) is 2.11. The van der Waals surface area contributed by atoms with Gasteiger partial charge in [0.05, 0.1) is 18.7 Å². The van der Waals surface area contributed by atoms with Gasteiger partial charge in [-0.15, -0.1) is 0 Å². The number of hydrogen-bond acceptors (Lipinski definition) is 16.